The summed E-state index contributed by atoms with van der Waals surface area (Å²) in [6.07, 6.45) is 65.1. The van der Waals surface area contributed by atoms with Crippen LogP contribution in [-0.2, 0) is 28.6 Å². The van der Waals surface area contributed by atoms with Gasteiger partial charge in [-0.2, -0.15) is 0 Å². The maximum Gasteiger partial charge on any atom is 0.306 e. The average molecular weight is 902 g/mol. The molecule has 0 rings (SSSR count). The third kappa shape index (κ3) is 44.7. The molecule has 0 aliphatic rings. The van der Waals surface area contributed by atoms with Gasteiger partial charge in [-0.15, -0.1) is 0 Å². The zero-order chi connectivity index (χ0) is 47.7. The summed E-state index contributed by atoms with van der Waals surface area (Å²) in [6.45, 7) is 4.36. The summed E-state index contributed by atoms with van der Waals surface area (Å²) < 4.78 is 17.2. The fourth-order valence-electron chi connectivity index (χ4n) is 6.53. The number of allylic oxidation sites excluding steroid dienone is 20. The molecule has 0 saturated heterocycles. The third-order valence-corrected chi connectivity index (χ3v) is 10.3. The van der Waals surface area contributed by atoms with Crippen molar-refractivity contribution in [3.8, 4) is 0 Å². The molecule has 0 heterocycles. The average Bonchev–Trinajstić information content (AvgIpc) is 3.27. The molecule has 65 heavy (non-hydrogen) atoms. The fourth-order valence-corrected chi connectivity index (χ4v) is 6.53. The Morgan fingerprint density at radius 2 is 0.815 bits per heavy atom. The number of ether oxygens (including phenoxy) is 3. The number of unbranched alkanes of at least 4 members (excludes halogenated alkanes) is 9. The van der Waals surface area contributed by atoms with Gasteiger partial charge in [-0.1, -0.05) is 167 Å². The van der Waals surface area contributed by atoms with Crippen LogP contribution in [0.5, 0.6) is 0 Å². The van der Waals surface area contributed by atoms with Crippen molar-refractivity contribution in [1.29, 1.82) is 0 Å². The molecule has 0 saturated carbocycles. The lowest BCUT2D eigenvalue weighted by Gasteiger charge is -2.34. The molecule has 366 valence electrons. The topological polar surface area (TPSA) is 102 Å². The summed E-state index contributed by atoms with van der Waals surface area (Å²) in [6, 6.07) is -0.744. The molecule has 0 radical (unpaired) electrons. The number of nitrogens with zero attached hydrogens (tertiary/aromatic N) is 1. The van der Waals surface area contributed by atoms with Gasteiger partial charge in [0.05, 0.1) is 40.3 Å². The lowest BCUT2D eigenvalue weighted by molar-refractivity contribution is -0.889. The summed E-state index contributed by atoms with van der Waals surface area (Å²) in [7, 11) is 5.38. The molecule has 0 aliphatic carbocycles. The van der Waals surface area contributed by atoms with Gasteiger partial charge in [-0.05, 0) is 103 Å². The molecule has 0 aromatic heterocycles. The Bertz CT molecular complexity index is 1470. The van der Waals surface area contributed by atoms with E-state index in [-0.39, 0.29) is 49.1 Å². The quantitative estimate of drug-likeness (QED) is 0.0260. The highest BCUT2D eigenvalue weighted by Gasteiger charge is 2.25. The van der Waals surface area contributed by atoms with E-state index in [0.717, 1.165) is 109 Å². The molecule has 8 nitrogen and oxygen atoms in total. The first-order chi connectivity index (χ1) is 31.6. The second-order valence-electron chi connectivity index (χ2n) is 17.3. The molecule has 0 aromatic rings. The Balaban J connectivity index is 4.40. The van der Waals surface area contributed by atoms with Gasteiger partial charge in [0, 0.05) is 19.3 Å². The zero-order valence-corrected chi connectivity index (χ0v) is 41.6. The predicted molar refractivity (Wildman–Crippen MR) is 272 cm³/mol. The third-order valence-electron chi connectivity index (χ3n) is 10.3. The molecule has 0 aromatic carbocycles. The van der Waals surface area contributed by atoms with Crippen LogP contribution in [0.4, 0.5) is 0 Å². The Morgan fingerprint density at radius 1 is 0.462 bits per heavy atom. The minimum Gasteiger partial charge on any atom is -0.544 e. The first-order valence-corrected chi connectivity index (χ1v) is 25.1. The molecule has 0 amide bonds. The first kappa shape index (κ1) is 60.7. The lowest BCUT2D eigenvalue weighted by atomic mass is 10.1. The van der Waals surface area contributed by atoms with Crippen LogP contribution < -0.4 is 5.11 Å². The smallest absolute Gasteiger partial charge is 0.306 e. The van der Waals surface area contributed by atoms with E-state index in [1.54, 1.807) is 21.1 Å². The van der Waals surface area contributed by atoms with Crippen LogP contribution in [0.1, 0.15) is 168 Å². The second-order valence-corrected chi connectivity index (χ2v) is 17.3. The molecule has 8 heteroatoms. The number of carbonyl (C=O) groups excluding carboxylic acids is 3. The van der Waals surface area contributed by atoms with Crippen molar-refractivity contribution >= 4 is 17.9 Å². The van der Waals surface area contributed by atoms with Crippen molar-refractivity contribution < 1.29 is 38.2 Å². The van der Waals surface area contributed by atoms with Gasteiger partial charge in [0.15, 0.2) is 6.10 Å². The van der Waals surface area contributed by atoms with E-state index in [1.165, 1.54) is 19.3 Å². The number of hydrogen-bond donors (Lipinski definition) is 0. The normalized spacial score (nSPS) is 13.9. The van der Waals surface area contributed by atoms with Crippen LogP contribution in [0, 0.1) is 0 Å². The number of rotatable bonds is 43. The molecule has 0 aliphatic heterocycles. The zero-order valence-electron chi connectivity index (χ0n) is 41.6. The van der Waals surface area contributed by atoms with Crippen molar-refractivity contribution in [2.75, 3.05) is 41.0 Å². The molecule has 2 atom stereocenters. The summed E-state index contributed by atoms with van der Waals surface area (Å²) >= 11 is 0. The summed E-state index contributed by atoms with van der Waals surface area (Å²) in [5, 5.41) is 11.7. The van der Waals surface area contributed by atoms with E-state index in [4.69, 9.17) is 14.2 Å². The number of carbonyl (C=O) groups is 3. The number of hydrogen-bond acceptors (Lipinski definition) is 7. The maximum absolute atomic E-state index is 12.8. The van der Waals surface area contributed by atoms with Gasteiger partial charge < -0.3 is 28.6 Å². The second kappa shape index (κ2) is 46.3. The van der Waals surface area contributed by atoms with Gasteiger partial charge in [0.25, 0.3) is 0 Å². The van der Waals surface area contributed by atoms with E-state index in [2.05, 4.69) is 135 Å². The standard InChI is InChI=1S/C57H91NO7/c1-6-8-10-12-14-16-18-20-22-24-26-28-30-32-34-36-38-40-42-44-46-48-56(60)65-53(51-63-50-49-54(57(61)62)58(3,4)5)52-64-55(59)47-45-43-41-39-37-35-33-31-29-27-25-23-21-19-17-15-13-11-9-7-2/h8-11,14-17,20-23,26-29,32,34,38,40,53-54H,6-7,12-13,18-19,24-25,30-31,33,35-37,39,41-52H2,1-5H3/b10-8+,11-9+,16-14+,17-15+,22-20+,23-21+,28-26+,29-27+,34-32+,40-38+. The molecule has 0 N–H and O–H groups in total. The number of aliphatic carboxylic acids is 1. The van der Waals surface area contributed by atoms with Gasteiger partial charge in [-0.25, -0.2) is 0 Å². The van der Waals surface area contributed by atoms with E-state index < -0.39 is 18.1 Å². The minimum atomic E-state index is -1.14. The summed E-state index contributed by atoms with van der Waals surface area (Å²) in [4.78, 5) is 37.0. The van der Waals surface area contributed by atoms with Crippen LogP contribution in [0.25, 0.3) is 0 Å². The highest BCUT2D eigenvalue weighted by Crippen LogP contribution is 2.13. The highest BCUT2D eigenvalue weighted by atomic mass is 16.6. The van der Waals surface area contributed by atoms with Gasteiger partial charge in [0.2, 0.25) is 0 Å². The lowest BCUT2D eigenvalue weighted by Crippen LogP contribution is -2.55. The van der Waals surface area contributed by atoms with E-state index in [9.17, 15) is 19.5 Å². The van der Waals surface area contributed by atoms with E-state index in [1.807, 2.05) is 0 Å². The van der Waals surface area contributed by atoms with Gasteiger partial charge >= 0.3 is 11.9 Å². The van der Waals surface area contributed by atoms with Crippen molar-refractivity contribution in [3.05, 3.63) is 122 Å². The Morgan fingerprint density at radius 3 is 1.23 bits per heavy atom. The van der Waals surface area contributed by atoms with Crippen molar-refractivity contribution in [2.45, 2.75) is 180 Å². The van der Waals surface area contributed by atoms with Crippen molar-refractivity contribution in [1.82, 2.24) is 0 Å². The van der Waals surface area contributed by atoms with Gasteiger partial charge in [0.1, 0.15) is 12.6 Å². The van der Waals surface area contributed by atoms with E-state index >= 15 is 0 Å². The SMILES string of the molecule is CC/C=C/C/C=C/C/C=C/C/C=C/C/C=C/C/C=C/CCCCC(=O)OC(COCCC(C(=O)[O-])[N+](C)(C)C)COC(=O)CCCCCCCCC/C=C/C/C=C/C/C=C/C/C=C/CC. The molecule has 0 fully saturated rings. The molecule has 0 bridgehead atoms. The number of quaternary nitrogens is 1. The number of carboxylic acid groups (broad SMARTS) is 1. The summed E-state index contributed by atoms with van der Waals surface area (Å²) in [5.74, 6) is -1.82. The number of esters is 2. The number of likely N-dealkylation sites (N-methyl/N-ethyl adjacent to an activating group) is 1. The Hall–Kier alpha value is -4.27. The molecule has 2 unspecified atom stereocenters. The van der Waals surface area contributed by atoms with Crippen LogP contribution in [-0.4, -0.2) is 75.5 Å². The monoisotopic (exact) mass is 902 g/mol. The van der Waals surface area contributed by atoms with E-state index in [0.29, 0.717) is 12.8 Å². The maximum atomic E-state index is 12.8. The predicted octanol–water partition coefficient (Wildman–Crippen LogP) is 13.2. The Labute approximate surface area is 397 Å². The largest absolute Gasteiger partial charge is 0.544 e. The molecule has 0 spiro atoms. The van der Waals surface area contributed by atoms with Crippen LogP contribution in [0.15, 0.2) is 122 Å². The van der Waals surface area contributed by atoms with Crippen LogP contribution in [0.3, 0.4) is 0 Å². The minimum absolute atomic E-state index is 0.0107. The van der Waals surface area contributed by atoms with Crippen molar-refractivity contribution in [2.24, 2.45) is 0 Å². The summed E-state index contributed by atoms with van der Waals surface area (Å²) in [5.41, 5.74) is 0. The molecular formula is C57H91NO7. The molecular weight excluding hydrogens is 811 g/mol. The van der Waals surface area contributed by atoms with Crippen LogP contribution in [0.2, 0.25) is 0 Å². The van der Waals surface area contributed by atoms with Gasteiger partial charge in [-0.3, -0.25) is 9.59 Å². The Kier molecular flexibility index (Phi) is 43.2. The van der Waals surface area contributed by atoms with Crippen LogP contribution >= 0.6 is 0 Å². The first-order valence-electron chi connectivity index (χ1n) is 25.1. The number of carboxylic acids is 1. The van der Waals surface area contributed by atoms with Crippen molar-refractivity contribution in [3.63, 3.8) is 0 Å². The highest BCUT2D eigenvalue weighted by molar-refractivity contribution is 5.70. The fraction of sp³-hybridized carbons (Fsp3) is 0.596.